The number of hydrogen-bond donors (Lipinski definition) is 2. The molecule has 1 fully saturated rings. The first-order chi connectivity index (χ1) is 9.16. The van der Waals surface area contributed by atoms with Crippen LogP contribution in [-0.2, 0) is 11.3 Å². The van der Waals surface area contributed by atoms with Gasteiger partial charge in [-0.05, 0) is 25.3 Å². The zero-order chi connectivity index (χ0) is 13.7. The van der Waals surface area contributed by atoms with Crippen LogP contribution in [0.5, 0.6) is 0 Å². The summed E-state index contributed by atoms with van der Waals surface area (Å²) >= 11 is 0. The van der Waals surface area contributed by atoms with Gasteiger partial charge in [-0.2, -0.15) is 5.10 Å². The molecule has 1 aliphatic carbocycles. The van der Waals surface area contributed by atoms with E-state index in [4.69, 9.17) is 5.73 Å². The molecule has 106 valence electrons. The van der Waals surface area contributed by atoms with Gasteiger partial charge in [-0.25, -0.2) is 0 Å². The minimum Gasteiger partial charge on any atom is -0.354 e. The molecule has 1 aromatic rings. The lowest BCUT2D eigenvalue weighted by Gasteiger charge is -2.20. The van der Waals surface area contributed by atoms with E-state index in [1.807, 2.05) is 24.0 Å². The average molecular weight is 264 g/mol. The fraction of sp³-hybridized carbons (Fsp3) is 0.714. The summed E-state index contributed by atoms with van der Waals surface area (Å²) < 4.78 is 1.85. The maximum absolute atomic E-state index is 12.1. The molecule has 0 radical (unpaired) electrons. The summed E-state index contributed by atoms with van der Waals surface area (Å²) in [5.41, 5.74) is 7.22. The van der Waals surface area contributed by atoms with Gasteiger partial charge < -0.3 is 11.1 Å². The van der Waals surface area contributed by atoms with E-state index in [0.717, 1.165) is 31.2 Å². The molecule has 0 bridgehead atoms. The molecular weight excluding hydrogens is 240 g/mol. The van der Waals surface area contributed by atoms with Crippen LogP contribution < -0.4 is 11.1 Å². The Kier molecular flexibility index (Phi) is 4.96. The fourth-order valence-electron chi connectivity index (χ4n) is 2.68. The summed E-state index contributed by atoms with van der Waals surface area (Å²) in [4.78, 5) is 12.1. The molecule has 0 aromatic carbocycles. The third-order valence-corrected chi connectivity index (χ3v) is 3.81. The van der Waals surface area contributed by atoms with E-state index >= 15 is 0 Å². The summed E-state index contributed by atoms with van der Waals surface area (Å²) in [5, 5.41) is 7.18. The van der Waals surface area contributed by atoms with Crippen LogP contribution in [0.4, 0.5) is 0 Å². The SMILES string of the molecule is Cc1cnn(CCNC(=O)C2CCCCCC2N)c1. The molecule has 5 heteroatoms. The van der Waals surface area contributed by atoms with Gasteiger partial charge in [0.2, 0.25) is 5.91 Å². The van der Waals surface area contributed by atoms with Crippen molar-refractivity contribution >= 4 is 5.91 Å². The van der Waals surface area contributed by atoms with Crippen molar-refractivity contribution in [3.8, 4) is 0 Å². The predicted octanol–water partition coefficient (Wildman–Crippen LogP) is 1.22. The van der Waals surface area contributed by atoms with E-state index in [1.165, 1.54) is 6.42 Å². The molecular formula is C14H24N4O. The second kappa shape index (κ2) is 6.70. The van der Waals surface area contributed by atoms with Crippen molar-refractivity contribution in [3.05, 3.63) is 18.0 Å². The number of aromatic nitrogens is 2. The van der Waals surface area contributed by atoms with E-state index < -0.39 is 0 Å². The van der Waals surface area contributed by atoms with Gasteiger partial charge in [-0.3, -0.25) is 9.48 Å². The smallest absolute Gasteiger partial charge is 0.224 e. The second-order valence-electron chi connectivity index (χ2n) is 5.48. The lowest BCUT2D eigenvalue weighted by atomic mass is 9.94. The molecule has 1 heterocycles. The molecule has 1 amide bonds. The molecule has 1 saturated carbocycles. The largest absolute Gasteiger partial charge is 0.354 e. The van der Waals surface area contributed by atoms with Gasteiger partial charge in [0, 0.05) is 18.8 Å². The molecule has 19 heavy (non-hydrogen) atoms. The van der Waals surface area contributed by atoms with Crippen LogP contribution in [0, 0.1) is 12.8 Å². The van der Waals surface area contributed by atoms with Crippen molar-refractivity contribution in [1.29, 1.82) is 0 Å². The van der Waals surface area contributed by atoms with Crippen LogP contribution in [0.25, 0.3) is 0 Å². The number of hydrogen-bond acceptors (Lipinski definition) is 3. The molecule has 2 rings (SSSR count). The van der Waals surface area contributed by atoms with Crippen LogP contribution in [0.1, 0.15) is 37.7 Å². The van der Waals surface area contributed by atoms with E-state index in [1.54, 1.807) is 0 Å². The maximum atomic E-state index is 12.1. The highest BCUT2D eigenvalue weighted by Gasteiger charge is 2.26. The highest BCUT2D eigenvalue weighted by atomic mass is 16.1. The highest BCUT2D eigenvalue weighted by molar-refractivity contribution is 5.79. The van der Waals surface area contributed by atoms with Crippen molar-refractivity contribution in [3.63, 3.8) is 0 Å². The summed E-state index contributed by atoms with van der Waals surface area (Å²) in [5.74, 6) is 0.0973. The minimum absolute atomic E-state index is 0.0122. The van der Waals surface area contributed by atoms with Gasteiger partial charge >= 0.3 is 0 Å². The van der Waals surface area contributed by atoms with Crippen molar-refractivity contribution < 1.29 is 4.79 Å². The van der Waals surface area contributed by atoms with Gasteiger partial charge in [0.25, 0.3) is 0 Å². The Balaban J connectivity index is 1.76. The maximum Gasteiger partial charge on any atom is 0.224 e. The molecule has 3 N–H and O–H groups in total. The van der Waals surface area contributed by atoms with Crippen molar-refractivity contribution in [1.82, 2.24) is 15.1 Å². The van der Waals surface area contributed by atoms with Crippen LogP contribution in [0.3, 0.4) is 0 Å². The normalized spacial score (nSPS) is 23.9. The van der Waals surface area contributed by atoms with Gasteiger partial charge in [0.15, 0.2) is 0 Å². The number of carbonyl (C=O) groups excluding carboxylic acids is 1. The quantitative estimate of drug-likeness (QED) is 0.803. The lowest BCUT2D eigenvalue weighted by molar-refractivity contribution is -0.125. The first kappa shape index (κ1) is 14.1. The van der Waals surface area contributed by atoms with Crippen LogP contribution in [0.2, 0.25) is 0 Å². The molecule has 0 aliphatic heterocycles. The average Bonchev–Trinajstić information content (AvgIpc) is 2.67. The Labute approximate surface area is 114 Å². The zero-order valence-electron chi connectivity index (χ0n) is 11.6. The zero-order valence-corrected chi connectivity index (χ0v) is 11.6. The summed E-state index contributed by atoms with van der Waals surface area (Å²) in [6, 6.07) is 0.0226. The van der Waals surface area contributed by atoms with Crippen LogP contribution in [-0.4, -0.2) is 28.3 Å². The number of aryl methyl sites for hydroxylation is 1. The summed E-state index contributed by atoms with van der Waals surface area (Å²) in [6.45, 7) is 3.33. The lowest BCUT2D eigenvalue weighted by Crippen LogP contribution is -2.42. The molecule has 5 nitrogen and oxygen atoms in total. The van der Waals surface area contributed by atoms with Crippen molar-refractivity contribution in [2.24, 2.45) is 11.7 Å². The molecule has 1 aliphatic rings. The Morgan fingerprint density at radius 2 is 2.26 bits per heavy atom. The van der Waals surface area contributed by atoms with E-state index in [-0.39, 0.29) is 17.9 Å². The molecule has 2 unspecified atom stereocenters. The standard InChI is InChI=1S/C14H24N4O/c1-11-9-17-18(10-11)8-7-16-14(19)12-5-3-2-4-6-13(12)15/h9-10,12-13H,2-8,15H2,1H3,(H,16,19). The van der Waals surface area contributed by atoms with Crippen LogP contribution >= 0.6 is 0 Å². The molecule has 0 spiro atoms. The van der Waals surface area contributed by atoms with E-state index in [0.29, 0.717) is 13.1 Å². The Morgan fingerprint density at radius 1 is 1.47 bits per heavy atom. The number of carbonyl (C=O) groups is 1. The predicted molar refractivity (Wildman–Crippen MR) is 74.5 cm³/mol. The van der Waals surface area contributed by atoms with Gasteiger partial charge in [0.05, 0.1) is 18.7 Å². The topological polar surface area (TPSA) is 72.9 Å². The monoisotopic (exact) mass is 264 g/mol. The number of rotatable bonds is 4. The number of nitrogens with two attached hydrogens (primary N) is 1. The summed E-state index contributed by atoms with van der Waals surface area (Å²) in [7, 11) is 0. The number of nitrogens with one attached hydrogen (secondary N) is 1. The molecule has 1 aromatic heterocycles. The Bertz CT molecular complexity index is 415. The molecule has 0 saturated heterocycles. The third kappa shape index (κ3) is 4.06. The second-order valence-corrected chi connectivity index (χ2v) is 5.48. The van der Waals surface area contributed by atoms with Crippen molar-refractivity contribution in [2.45, 2.75) is 51.6 Å². The number of amides is 1. The van der Waals surface area contributed by atoms with Crippen molar-refractivity contribution in [2.75, 3.05) is 6.54 Å². The first-order valence-electron chi connectivity index (χ1n) is 7.19. The van der Waals surface area contributed by atoms with Gasteiger partial charge in [-0.15, -0.1) is 0 Å². The van der Waals surface area contributed by atoms with E-state index in [2.05, 4.69) is 10.4 Å². The third-order valence-electron chi connectivity index (χ3n) is 3.81. The Hall–Kier alpha value is -1.36. The minimum atomic E-state index is -0.0122. The molecule has 2 atom stereocenters. The number of nitrogens with zero attached hydrogens (tertiary/aromatic N) is 2. The van der Waals surface area contributed by atoms with Gasteiger partial charge in [-0.1, -0.05) is 19.3 Å². The van der Waals surface area contributed by atoms with E-state index in [9.17, 15) is 4.79 Å². The van der Waals surface area contributed by atoms with Crippen LogP contribution in [0.15, 0.2) is 12.4 Å². The first-order valence-corrected chi connectivity index (χ1v) is 7.19. The van der Waals surface area contributed by atoms with Gasteiger partial charge in [0.1, 0.15) is 0 Å². The Morgan fingerprint density at radius 3 is 3.00 bits per heavy atom. The highest BCUT2D eigenvalue weighted by Crippen LogP contribution is 2.22. The fourth-order valence-corrected chi connectivity index (χ4v) is 2.68. The summed E-state index contributed by atoms with van der Waals surface area (Å²) in [6.07, 6.45) is 9.16.